The second-order valence-corrected chi connectivity index (χ2v) is 8.11. The molecule has 0 unspecified atom stereocenters. The first-order valence-corrected chi connectivity index (χ1v) is 10.5. The predicted octanol–water partition coefficient (Wildman–Crippen LogP) is 6.30. The van der Waals surface area contributed by atoms with Gasteiger partial charge in [0.2, 0.25) is 0 Å². The number of pyridine rings is 2. The molecule has 4 nitrogen and oxygen atoms in total. The molecule has 0 amide bonds. The Hall–Kier alpha value is -2.88. The van der Waals surface area contributed by atoms with Crippen molar-refractivity contribution in [2.45, 2.75) is 46.6 Å². The number of aromatic nitrogens is 3. The molecule has 0 spiro atoms. The maximum atomic E-state index is 5.05. The predicted molar refractivity (Wildman–Crippen MR) is 124 cm³/mol. The van der Waals surface area contributed by atoms with Crippen LogP contribution in [0.25, 0.3) is 32.9 Å². The lowest BCUT2D eigenvalue weighted by Gasteiger charge is -2.19. The molecule has 0 aliphatic rings. The van der Waals surface area contributed by atoms with Gasteiger partial charge < -0.3 is 9.47 Å². The van der Waals surface area contributed by atoms with Gasteiger partial charge in [0.15, 0.2) is 0 Å². The number of benzene rings is 1. The fraction of sp³-hybridized carbons (Fsp3) is 0.360. The summed E-state index contributed by atoms with van der Waals surface area (Å²) in [7, 11) is 4.04. The largest absolute Gasteiger partial charge is 0.363 e. The standard InChI is InChI=1S/C25H30N4/c1-7-18(8-2)29-13-12-19-17(4)27-24-20(10-9-11-21(24)25(19)29)22-15-26-23(28(5)6)14-16(22)3/h9-15,18H,7-8H2,1-6H3. The van der Waals surface area contributed by atoms with Gasteiger partial charge in [0.25, 0.3) is 0 Å². The average Bonchev–Trinajstić information content (AvgIpc) is 3.15. The molecule has 0 N–H and O–H groups in total. The molecule has 4 aromatic rings. The summed E-state index contributed by atoms with van der Waals surface area (Å²) in [5.41, 5.74) is 6.96. The van der Waals surface area contributed by atoms with Gasteiger partial charge in [-0.25, -0.2) is 4.98 Å². The van der Waals surface area contributed by atoms with E-state index in [1.807, 2.05) is 25.2 Å². The zero-order chi connectivity index (χ0) is 20.7. The fourth-order valence-corrected chi connectivity index (χ4v) is 4.38. The Morgan fingerprint density at radius 3 is 2.41 bits per heavy atom. The molecule has 0 atom stereocenters. The SMILES string of the molecule is CCC(CC)n1ccc2c(C)nc3c(-c4cnc(N(C)C)cc4C)cccc3c21. The third kappa shape index (κ3) is 3.17. The van der Waals surface area contributed by atoms with Gasteiger partial charge in [-0.2, -0.15) is 0 Å². The van der Waals surface area contributed by atoms with Crippen molar-refractivity contribution in [3.05, 3.63) is 54.0 Å². The number of nitrogens with zero attached hydrogens (tertiary/aromatic N) is 4. The summed E-state index contributed by atoms with van der Waals surface area (Å²) in [6, 6.07) is 11.4. The van der Waals surface area contributed by atoms with Crippen LogP contribution in [-0.4, -0.2) is 28.6 Å². The number of hydrogen-bond donors (Lipinski definition) is 0. The number of anilines is 1. The molecule has 3 aromatic heterocycles. The fourth-order valence-electron chi connectivity index (χ4n) is 4.38. The molecule has 150 valence electrons. The van der Waals surface area contributed by atoms with Crippen LogP contribution in [0.3, 0.4) is 0 Å². The smallest absolute Gasteiger partial charge is 0.128 e. The van der Waals surface area contributed by atoms with Crippen LogP contribution in [-0.2, 0) is 0 Å². The Kier molecular flexibility index (Phi) is 5.03. The van der Waals surface area contributed by atoms with E-state index in [2.05, 4.69) is 73.8 Å². The van der Waals surface area contributed by atoms with Crippen LogP contribution < -0.4 is 4.90 Å². The van der Waals surface area contributed by atoms with E-state index in [1.54, 1.807) is 0 Å². The molecule has 0 saturated carbocycles. The first kappa shape index (κ1) is 19.4. The molecule has 0 bridgehead atoms. The van der Waals surface area contributed by atoms with E-state index in [4.69, 9.17) is 4.98 Å². The van der Waals surface area contributed by atoms with Crippen LogP contribution in [0.5, 0.6) is 0 Å². The lowest BCUT2D eigenvalue weighted by atomic mass is 9.98. The molecular weight excluding hydrogens is 356 g/mol. The van der Waals surface area contributed by atoms with Crippen molar-refractivity contribution in [3.8, 4) is 11.1 Å². The van der Waals surface area contributed by atoms with Crippen LogP contribution in [0, 0.1) is 13.8 Å². The number of hydrogen-bond acceptors (Lipinski definition) is 3. The average molecular weight is 387 g/mol. The first-order valence-electron chi connectivity index (χ1n) is 10.5. The minimum absolute atomic E-state index is 0.504. The van der Waals surface area contributed by atoms with E-state index in [0.717, 1.165) is 41.0 Å². The summed E-state index contributed by atoms with van der Waals surface area (Å²) in [5.74, 6) is 0.973. The van der Waals surface area contributed by atoms with Gasteiger partial charge in [-0.15, -0.1) is 0 Å². The van der Waals surface area contributed by atoms with Crippen molar-refractivity contribution in [1.82, 2.24) is 14.5 Å². The molecule has 4 heteroatoms. The van der Waals surface area contributed by atoms with Gasteiger partial charge in [0.05, 0.1) is 11.0 Å². The van der Waals surface area contributed by atoms with Crippen LogP contribution in [0.15, 0.2) is 42.7 Å². The maximum Gasteiger partial charge on any atom is 0.128 e. The summed E-state index contributed by atoms with van der Waals surface area (Å²) in [6.45, 7) is 8.81. The zero-order valence-electron chi connectivity index (χ0n) is 18.3. The molecule has 0 fully saturated rings. The third-order valence-corrected chi connectivity index (χ3v) is 6.06. The molecule has 0 saturated heterocycles. The minimum atomic E-state index is 0.504. The lowest BCUT2D eigenvalue weighted by molar-refractivity contribution is 0.486. The summed E-state index contributed by atoms with van der Waals surface area (Å²) in [5, 5.41) is 2.47. The molecule has 3 heterocycles. The van der Waals surface area contributed by atoms with Gasteiger partial charge >= 0.3 is 0 Å². The van der Waals surface area contributed by atoms with Gasteiger partial charge in [-0.05, 0) is 44.4 Å². The monoisotopic (exact) mass is 386 g/mol. The second-order valence-electron chi connectivity index (χ2n) is 8.11. The van der Waals surface area contributed by atoms with E-state index in [1.165, 1.54) is 21.9 Å². The van der Waals surface area contributed by atoms with E-state index in [9.17, 15) is 0 Å². The van der Waals surface area contributed by atoms with Crippen molar-refractivity contribution >= 4 is 27.6 Å². The molecule has 0 aliphatic heterocycles. The Bertz CT molecular complexity index is 1180. The number of fused-ring (bicyclic) bond motifs is 3. The Balaban J connectivity index is 2.02. The minimum Gasteiger partial charge on any atom is -0.363 e. The van der Waals surface area contributed by atoms with Crippen molar-refractivity contribution in [2.24, 2.45) is 0 Å². The normalized spacial score (nSPS) is 11.7. The van der Waals surface area contributed by atoms with Crippen LogP contribution >= 0.6 is 0 Å². The van der Waals surface area contributed by atoms with Crippen LogP contribution in [0.4, 0.5) is 5.82 Å². The van der Waals surface area contributed by atoms with E-state index in [0.29, 0.717) is 6.04 Å². The molecule has 1 aromatic carbocycles. The highest BCUT2D eigenvalue weighted by Crippen LogP contribution is 2.36. The van der Waals surface area contributed by atoms with E-state index >= 15 is 0 Å². The van der Waals surface area contributed by atoms with Gasteiger partial charge in [0.1, 0.15) is 5.82 Å². The second kappa shape index (κ2) is 7.51. The van der Waals surface area contributed by atoms with E-state index < -0.39 is 0 Å². The summed E-state index contributed by atoms with van der Waals surface area (Å²) in [6.07, 6.45) is 6.47. The van der Waals surface area contributed by atoms with Crippen LogP contribution in [0.2, 0.25) is 0 Å². The van der Waals surface area contributed by atoms with Crippen LogP contribution in [0.1, 0.15) is 44.0 Å². The molecule has 29 heavy (non-hydrogen) atoms. The quantitative estimate of drug-likeness (QED) is 0.404. The Morgan fingerprint density at radius 2 is 1.76 bits per heavy atom. The Morgan fingerprint density at radius 1 is 1.00 bits per heavy atom. The highest BCUT2D eigenvalue weighted by molar-refractivity contribution is 6.09. The van der Waals surface area contributed by atoms with Gasteiger partial charge in [-0.3, -0.25) is 4.98 Å². The van der Waals surface area contributed by atoms with Crippen molar-refractivity contribution in [3.63, 3.8) is 0 Å². The molecule has 4 rings (SSSR count). The highest BCUT2D eigenvalue weighted by atomic mass is 15.1. The summed E-state index contributed by atoms with van der Waals surface area (Å²) >= 11 is 0. The Labute approximate surface area is 173 Å². The topological polar surface area (TPSA) is 34.0 Å². The first-order chi connectivity index (χ1) is 14.0. The third-order valence-electron chi connectivity index (χ3n) is 6.06. The van der Waals surface area contributed by atoms with Crippen molar-refractivity contribution < 1.29 is 0 Å². The van der Waals surface area contributed by atoms with Crippen molar-refractivity contribution in [2.75, 3.05) is 19.0 Å². The maximum absolute atomic E-state index is 5.05. The summed E-state index contributed by atoms with van der Waals surface area (Å²) < 4.78 is 2.45. The lowest BCUT2D eigenvalue weighted by Crippen LogP contribution is -2.10. The summed E-state index contributed by atoms with van der Waals surface area (Å²) in [4.78, 5) is 11.7. The number of para-hydroxylation sites is 1. The van der Waals surface area contributed by atoms with Gasteiger partial charge in [0, 0.05) is 60.1 Å². The van der Waals surface area contributed by atoms with Gasteiger partial charge in [-0.1, -0.05) is 32.0 Å². The van der Waals surface area contributed by atoms with E-state index in [-0.39, 0.29) is 0 Å². The zero-order valence-corrected chi connectivity index (χ0v) is 18.3. The number of rotatable bonds is 5. The van der Waals surface area contributed by atoms with Crippen molar-refractivity contribution in [1.29, 1.82) is 0 Å². The molecule has 0 radical (unpaired) electrons. The molecular formula is C25H30N4. The highest BCUT2D eigenvalue weighted by Gasteiger charge is 2.17. The number of aryl methyl sites for hydroxylation is 2. The molecule has 0 aliphatic carbocycles.